The van der Waals surface area contributed by atoms with Crippen molar-refractivity contribution in [2.45, 2.75) is 52.7 Å². The topological polar surface area (TPSA) is 124 Å². The van der Waals surface area contributed by atoms with Gasteiger partial charge in [-0.25, -0.2) is 4.79 Å². The van der Waals surface area contributed by atoms with E-state index in [0.29, 0.717) is 6.42 Å². The van der Waals surface area contributed by atoms with Gasteiger partial charge in [0.25, 0.3) is 5.91 Å². The summed E-state index contributed by atoms with van der Waals surface area (Å²) in [6.07, 6.45) is 0.889. The van der Waals surface area contributed by atoms with Gasteiger partial charge >= 0.3 is 5.97 Å². The number of hydrogen-bond acceptors (Lipinski definition) is 4. The minimum atomic E-state index is -3.17. The number of carboxylic acids is 1. The number of amides is 1. The van der Waals surface area contributed by atoms with Gasteiger partial charge in [-0.2, -0.15) is 0 Å². The molecule has 0 saturated carbocycles. The largest absolute Gasteiger partial charge is 0.507 e. The van der Waals surface area contributed by atoms with Crippen LogP contribution in [0.15, 0.2) is 30.3 Å². The molecule has 0 saturated heterocycles. The molecule has 0 radical (unpaired) electrons. The first-order valence-electron chi connectivity index (χ1n) is 10.5. The minimum absolute atomic E-state index is 0.0247. The van der Waals surface area contributed by atoms with E-state index in [1.54, 1.807) is 12.1 Å². The van der Waals surface area contributed by atoms with Crippen molar-refractivity contribution >= 4 is 19.2 Å². The average molecular weight is 461 g/mol. The van der Waals surface area contributed by atoms with Crippen molar-refractivity contribution in [3.63, 3.8) is 0 Å². The van der Waals surface area contributed by atoms with Crippen molar-refractivity contribution < 1.29 is 29.3 Å². The highest BCUT2D eigenvalue weighted by Gasteiger charge is 2.23. The average Bonchev–Trinajstić information content (AvgIpc) is 2.63. The Kier molecular flexibility index (Phi) is 8.27. The Hall–Kier alpha value is -2.63. The van der Waals surface area contributed by atoms with Crippen molar-refractivity contribution in [2.75, 3.05) is 6.66 Å². The first kappa shape index (κ1) is 25.6. The molecule has 0 bridgehead atoms. The predicted molar refractivity (Wildman–Crippen MR) is 125 cm³/mol. The SMILES string of the molecule is Cc1cc(CP(C)(=O)O)cc(C)c1Cc1ccc(O)c(C(=O)NC(CC(C)C)C(=O)O)c1. The third-order valence-electron chi connectivity index (χ3n) is 5.23. The lowest BCUT2D eigenvalue weighted by molar-refractivity contribution is -0.139. The lowest BCUT2D eigenvalue weighted by Crippen LogP contribution is -2.41. The van der Waals surface area contributed by atoms with Gasteiger partial charge in [0.15, 0.2) is 0 Å². The van der Waals surface area contributed by atoms with Crippen molar-refractivity contribution in [3.8, 4) is 5.75 Å². The summed E-state index contributed by atoms with van der Waals surface area (Å²) in [4.78, 5) is 33.8. The van der Waals surface area contributed by atoms with Crippen LogP contribution in [0.2, 0.25) is 0 Å². The molecule has 0 heterocycles. The third kappa shape index (κ3) is 7.21. The molecule has 0 aliphatic rings. The number of phenols is 1. The molecule has 0 aliphatic heterocycles. The molecule has 174 valence electrons. The molecule has 0 spiro atoms. The number of carbonyl (C=O) groups excluding carboxylic acids is 1. The fourth-order valence-corrected chi connectivity index (χ4v) is 4.66. The molecular formula is C24H32NO6P. The van der Waals surface area contributed by atoms with E-state index in [9.17, 15) is 29.3 Å². The molecular weight excluding hydrogens is 429 g/mol. The second-order valence-electron chi connectivity index (χ2n) is 8.94. The van der Waals surface area contributed by atoms with E-state index in [1.807, 2.05) is 39.8 Å². The van der Waals surface area contributed by atoms with Gasteiger partial charge in [-0.1, -0.05) is 32.0 Å². The summed E-state index contributed by atoms with van der Waals surface area (Å²) in [6, 6.07) is 7.47. The van der Waals surface area contributed by atoms with Crippen LogP contribution < -0.4 is 5.32 Å². The van der Waals surface area contributed by atoms with Crippen LogP contribution in [0.3, 0.4) is 0 Å². The standard InChI is InChI=1S/C24H32NO6P/c1-14(2)8-21(24(28)29)25-23(27)20-12-17(6-7-22(20)26)11-19-15(3)9-18(10-16(19)4)13-32(5,30)31/h6-7,9-10,12,14,21,26H,8,11,13H2,1-5H3,(H,25,27)(H,28,29)(H,30,31). The highest BCUT2D eigenvalue weighted by molar-refractivity contribution is 7.56. The molecule has 0 fully saturated rings. The molecule has 4 N–H and O–H groups in total. The minimum Gasteiger partial charge on any atom is -0.507 e. The summed E-state index contributed by atoms with van der Waals surface area (Å²) in [5, 5.41) is 22.1. The van der Waals surface area contributed by atoms with Crippen LogP contribution in [0.5, 0.6) is 5.75 Å². The third-order valence-corrected chi connectivity index (χ3v) is 6.18. The summed E-state index contributed by atoms with van der Waals surface area (Å²) in [5.41, 5.74) is 4.57. The van der Waals surface area contributed by atoms with E-state index in [0.717, 1.165) is 27.8 Å². The number of aliphatic carboxylic acids is 1. The van der Waals surface area contributed by atoms with Crippen LogP contribution in [-0.4, -0.2) is 39.7 Å². The molecule has 0 aliphatic carbocycles. The number of aromatic hydroxyl groups is 1. The van der Waals surface area contributed by atoms with Crippen LogP contribution in [0, 0.1) is 19.8 Å². The predicted octanol–water partition coefficient (Wildman–Crippen LogP) is 4.23. The zero-order valence-corrected chi connectivity index (χ0v) is 20.1. The van der Waals surface area contributed by atoms with E-state index < -0.39 is 25.3 Å². The Balaban J connectivity index is 2.29. The monoisotopic (exact) mass is 461 g/mol. The lowest BCUT2D eigenvalue weighted by Gasteiger charge is -2.18. The molecule has 2 rings (SSSR count). The van der Waals surface area contributed by atoms with Crippen LogP contribution in [0.25, 0.3) is 0 Å². The van der Waals surface area contributed by atoms with Crippen LogP contribution in [0.1, 0.15) is 58.4 Å². The molecule has 2 unspecified atom stereocenters. The maximum atomic E-state index is 12.7. The van der Waals surface area contributed by atoms with E-state index in [-0.39, 0.29) is 29.8 Å². The second-order valence-corrected chi connectivity index (χ2v) is 11.4. The van der Waals surface area contributed by atoms with E-state index in [1.165, 1.54) is 12.7 Å². The highest BCUT2D eigenvalue weighted by Crippen LogP contribution is 2.40. The number of phenolic OH excluding ortho intramolecular Hbond substituents is 1. The van der Waals surface area contributed by atoms with Gasteiger partial charge in [-0.3, -0.25) is 9.36 Å². The number of aryl methyl sites for hydroxylation is 2. The summed E-state index contributed by atoms with van der Waals surface area (Å²) in [5.74, 6) is -1.89. The summed E-state index contributed by atoms with van der Waals surface area (Å²) < 4.78 is 11.8. The molecule has 0 aromatic heterocycles. The van der Waals surface area contributed by atoms with Gasteiger partial charge in [0.1, 0.15) is 11.8 Å². The van der Waals surface area contributed by atoms with Crippen LogP contribution in [0.4, 0.5) is 0 Å². The summed E-state index contributed by atoms with van der Waals surface area (Å²) in [7, 11) is -3.17. The van der Waals surface area contributed by atoms with Gasteiger partial charge in [-0.15, -0.1) is 0 Å². The Morgan fingerprint density at radius 2 is 1.66 bits per heavy atom. The first-order valence-corrected chi connectivity index (χ1v) is 12.8. The Bertz CT molecular complexity index is 1030. The Labute approximate surface area is 188 Å². The molecule has 2 atom stereocenters. The lowest BCUT2D eigenvalue weighted by atomic mass is 9.93. The Morgan fingerprint density at radius 1 is 1.06 bits per heavy atom. The Morgan fingerprint density at radius 3 is 2.16 bits per heavy atom. The van der Waals surface area contributed by atoms with Gasteiger partial charge in [0.2, 0.25) is 7.37 Å². The van der Waals surface area contributed by atoms with Crippen molar-refractivity contribution in [3.05, 3.63) is 63.7 Å². The van der Waals surface area contributed by atoms with Crippen LogP contribution >= 0.6 is 7.37 Å². The maximum absolute atomic E-state index is 12.7. The molecule has 2 aromatic rings. The number of carbonyl (C=O) groups is 2. The molecule has 8 heteroatoms. The van der Waals surface area contributed by atoms with Gasteiger partial charge in [0.05, 0.1) is 5.56 Å². The second kappa shape index (κ2) is 10.3. The van der Waals surface area contributed by atoms with E-state index in [4.69, 9.17) is 0 Å². The zero-order valence-electron chi connectivity index (χ0n) is 19.2. The number of nitrogens with one attached hydrogen (secondary N) is 1. The molecule has 7 nitrogen and oxygen atoms in total. The van der Waals surface area contributed by atoms with Gasteiger partial charge < -0.3 is 20.4 Å². The number of rotatable bonds is 9. The van der Waals surface area contributed by atoms with E-state index in [2.05, 4.69) is 5.32 Å². The highest BCUT2D eigenvalue weighted by atomic mass is 31.2. The van der Waals surface area contributed by atoms with Gasteiger partial charge in [0, 0.05) is 12.8 Å². The van der Waals surface area contributed by atoms with Crippen LogP contribution in [-0.2, 0) is 21.9 Å². The van der Waals surface area contributed by atoms with Gasteiger partial charge in [-0.05, 0) is 72.6 Å². The quantitative estimate of drug-likeness (QED) is 0.415. The number of hydrogen-bond donors (Lipinski definition) is 4. The number of carboxylic acid groups (broad SMARTS) is 1. The number of benzene rings is 2. The summed E-state index contributed by atoms with van der Waals surface area (Å²) in [6.45, 7) is 8.94. The van der Waals surface area contributed by atoms with Crippen molar-refractivity contribution in [1.82, 2.24) is 5.32 Å². The summed E-state index contributed by atoms with van der Waals surface area (Å²) >= 11 is 0. The maximum Gasteiger partial charge on any atom is 0.326 e. The van der Waals surface area contributed by atoms with Crippen molar-refractivity contribution in [2.24, 2.45) is 5.92 Å². The fourth-order valence-electron chi connectivity index (χ4n) is 3.80. The first-order chi connectivity index (χ1) is 14.8. The molecule has 2 aromatic carbocycles. The smallest absolute Gasteiger partial charge is 0.326 e. The van der Waals surface area contributed by atoms with E-state index >= 15 is 0 Å². The molecule has 1 amide bonds. The zero-order chi connectivity index (χ0) is 24.2. The normalized spacial score (nSPS) is 14.1. The fraction of sp³-hybridized carbons (Fsp3) is 0.417. The van der Waals surface area contributed by atoms with Crippen molar-refractivity contribution in [1.29, 1.82) is 0 Å². The molecule has 32 heavy (non-hydrogen) atoms.